The average molecular weight is 614 g/mol. The smallest absolute Gasteiger partial charge is 0.335 e. The van der Waals surface area contributed by atoms with Crippen LogP contribution in [0, 0.1) is 0 Å². The summed E-state index contributed by atoms with van der Waals surface area (Å²) in [7, 11) is 1.02. The van der Waals surface area contributed by atoms with E-state index in [2.05, 4.69) is 27.4 Å². The Hall–Kier alpha value is -3.93. The average Bonchev–Trinajstić information content (AvgIpc) is 3.33. The summed E-state index contributed by atoms with van der Waals surface area (Å²) >= 11 is 0. The van der Waals surface area contributed by atoms with E-state index in [-0.39, 0.29) is 23.6 Å². The Morgan fingerprint density at radius 2 is 1.91 bits per heavy atom. The highest BCUT2D eigenvalue weighted by molar-refractivity contribution is 6.12. The lowest BCUT2D eigenvalue weighted by Crippen LogP contribution is -2.50. The van der Waals surface area contributed by atoms with Gasteiger partial charge in [-0.1, -0.05) is 13.0 Å². The molecule has 0 spiro atoms. The first kappa shape index (κ1) is 30.1. The van der Waals surface area contributed by atoms with E-state index in [1.165, 1.54) is 6.92 Å². The molecule has 0 bridgehead atoms. The molecular weight excluding hydrogens is 574 g/mol. The summed E-state index contributed by atoms with van der Waals surface area (Å²) in [6.07, 6.45) is 4.53. The first-order valence-corrected chi connectivity index (χ1v) is 16.5. The van der Waals surface area contributed by atoms with Crippen LogP contribution in [0.4, 0.5) is 0 Å². The number of rotatable bonds is 11. The highest BCUT2D eigenvalue weighted by Crippen LogP contribution is 2.39. The Morgan fingerprint density at radius 3 is 2.55 bits per heavy atom. The highest BCUT2D eigenvalue weighted by Gasteiger charge is 2.42. The van der Waals surface area contributed by atoms with Gasteiger partial charge in [-0.05, 0) is 74.8 Å². The number of likely N-dealkylation sites (tertiary alicyclic amines) is 1. The fourth-order valence-corrected chi connectivity index (χ4v) is 6.83. The van der Waals surface area contributed by atoms with Crippen LogP contribution in [0.1, 0.15) is 77.0 Å². The molecule has 1 aromatic carbocycles. The number of carbonyl (C=O) groups is 2. The lowest BCUT2D eigenvalue weighted by atomic mass is 9.90. The number of carboxylic acids is 1. The number of fused-ring (bicyclic) bond motifs is 1. The molecule has 2 fully saturated rings. The van der Waals surface area contributed by atoms with Gasteiger partial charge < -0.3 is 19.1 Å². The van der Waals surface area contributed by atoms with Crippen LogP contribution in [0.15, 0.2) is 54.7 Å². The Bertz CT molecular complexity index is 1660. The third-order valence-corrected chi connectivity index (χ3v) is 10.2. The van der Waals surface area contributed by atoms with Crippen molar-refractivity contribution in [2.24, 2.45) is 0 Å². The van der Waals surface area contributed by atoms with Crippen molar-refractivity contribution in [1.29, 1.82) is 0 Å². The van der Waals surface area contributed by atoms with E-state index < -0.39 is 5.97 Å². The second kappa shape index (κ2) is 12.6. The van der Waals surface area contributed by atoms with Gasteiger partial charge >= 0.3 is 5.97 Å². The van der Waals surface area contributed by atoms with Gasteiger partial charge in [-0.2, -0.15) is 0 Å². The summed E-state index contributed by atoms with van der Waals surface area (Å²) in [6, 6.07) is 14.7. The lowest BCUT2D eigenvalue weighted by Gasteiger charge is -2.46. The maximum Gasteiger partial charge on any atom is 0.335 e. The van der Waals surface area contributed by atoms with Gasteiger partial charge in [0, 0.05) is 46.1 Å². The van der Waals surface area contributed by atoms with Gasteiger partial charge in [-0.15, -0.1) is 0 Å². The van der Waals surface area contributed by atoms with Gasteiger partial charge in [0.15, 0.2) is 5.78 Å². The van der Waals surface area contributed by atoms with E-state index in [4.69, 9.17) is 19.4 Å². The number of pyridine rings is 2. The molecule has 0 amide bonds. The van der Waals surface area contributed by atoms with Crippen molar-refractivity contribution < 1.29 is 24.2 Å². The maximum absolute atomic E-state index is 11.8. The molecule has 0 saturated carbocycles. The van der Waals surface area contributed by atoms with E-state index in [9.17, 15) is 14.7 Å². The number of hydrogen-bond acceptors (Lipinski definition) is 8. The number of benzene rings is 1. The largest absolute Gasteiger partial charge is 0.478 e. The standard InChI is InChI=1S/C33H39N5O5Si/c1-21(39)25-6-8-26(34-17-25)19-42-31-5-3-4-27(36-31)23-10-13-37(14-11-23)18-30-35-28-9-7-24(32(40)41)16-29(28)38(30)20-33(22(2)44)12-15-43-33/h3-9,16-17,22-23H,10-15,18-20H2,1-2,44H3,(H,40,41). The molecular formula is C33H39N5O5Si. The van der Waals surface area contributed by atoms with Crippen LogP contribution in [-0.2, 0) is 24.4 Å². The normalized spacial score (nSPS) is 20.0. The first-order chi connectivity index (χ1) is 21.2. The number of carboxylic acid groups (broad SMARTS) is 1. The van der Waals surface area contributed by atoms with Crippen LogP contribution in [-0.4, -0.2) is 76.8 Å². The molecule has 0 aliphatic carbocycles. The molecule has 2 saturated heterocycles. The molecule has 2 aliphatic rings. The molecule has 1 N–H and O–H groups in total. The zero-order valence-electron chi connectivity index (χ0n) is 25.5. The number of carbonyl (C=O) groups excluding carboxylic acids is 1. The molecule has 5 heterocycles. The molecule has 2 unspecified atom stereocenters. The Balaban J connectivity index is 1.12. The van der Waals surface area contributed by atoms with Crippen LogP contribution in [0.3, 0.4) is 0 Å². The second-order valence-corrected chi connectivity index (χ2v) is 14.0. The van der Waals surface area contributed by atoms with Gasteiger partial charge in [0.05, 0.1) is 47.6 Å². The summed E-state index contributed by atoms with van der Waals surface area (Å²) in [5, 5.41) is 9.64. The van der Waals surface area contributed by atoms with Gasteiger partial charge in [-0.25, -0.2) is 14.8 Å². The zero-order chi connectivity index (χ0) is 30.8. The summed E-state index contributed by atoms with van der Waals surface area (Å²) in [4.78, 5) is 39.8. The monoisotopic (exact) mass is 613 g/mol. The van der Waals surface area contributed by atoms with Crippen molar-refractivity contribution >= 4 is 33.0 Å². The minimum Gasteiger partial charge on any atom is -0.478 e. The molecule has 11 heteroatoms. The summed E-state index contributed by atoms with van der Waals surface area (Å²) in [5.41, 5.74) is 4.57. The molecule has 230 valence electrons. The lowest BCUT2D eigenvalue weighted by molar-refractivity contribution is -0.156. The highest BCUT2D eigenvalue weighted by atomic mass is 28.1. The van der Waals surface area contributed by atoms with Crippen LogP contribution >= 0.6 is 0 Å². The number of imidazole rings is 1. The van der Waals surface area contributed by atoms with Crippen LogP contribution in [0.25, 0.3) is 11.0 Å². The third-order valence-electron chi connectivity index (χ3n) is 9.18. The predicted molar refractivity (Wildman–Crippen MR) is 169 cm³/mol. The molecule has 0 radical (unpaired) electrons. The van der Waals surface area contributed by atoms with Gasteiger partial charge in [0.2, 0.25) is 5.88 Å². The number of aromatic carboxylic acids is 1. The second-order valence-electron chi connectivity index (χ2n) is 12.3. The number of aromatic nitrogens is 4. The molecule has 2 aliphatic heterocycles. The van der Waals surface area contributed by atoms with Crippen LogP contribution in [0.5, 0.6) is 5.88 Å². The van der Waals surface area contributed by atoms with E-state index in [0.29, 0.717) is 36.0 Å². The van der Waals surface area contributed by atoms with E-state index in [0.717, 1.165) is 77.4 Å². The minimum atomic E-state index is -0.933. The number of hydrogen-bond donors (Lipinski definition) is 1. The minimum absolute atomic E-state index is 0.0116. The third kappa shape index (κ3) is 6.31. The fraction of sp³-hybridized carbons (Fsp3) is 0.424. The Labute approximate surface area is 259 Å². The van der Waals surface area contributed by atoms with Crippen molar-refractivity contribution in [2.75, 3.05) is 19.7 Å². The van der Waals surface area contributed by atoms with Crippen LogP contribution in [0.2, 0.25) is 5.54 Å². The van der Waals surface area contributed by atoms with Crippen molar-refractivity contribution in [3.63, 3.8) is 0 Å². The number of Topliss-reactive ketones (excluding diaryl/α,β-unsaturated/α-hetero) is 1. The van der Waals surface area contributed by atoms with Gasteiger partial charge in [0.1, 0.15) is 12.4 Å². The molecule has 3 aromatic heterocycles. The topological polar surface area (TPSA) is 120 Å². The van der Waals surface area contributed by atoms with Crippen molar-refractivity contribution in [3.05, 3.63) is 83.1 Å². The molecule has 6 rings (SSSR count). The fourth-order valence-electron chi connectivity index (χ4n) is 6.19. The number of ether oxygens (including phenoxy) is 2. The number of ketones is 1. The summed E-state index contributed by atoms with van der Waals surface area (Å²) in [5.74, 6) is 0.908. The number of piperidine rings is 1. The van der Waals surface area contributed by atoms with Gasteiger partial charge in [-0.3, -0.25) is 14.7 Å². The quantitative estimate of drug-likeness (QED) is 0.198. The summed E-state index contributed by atoms with van der Waals surface area (Å²) in [6.45, 7) is 8.03. The van der Waals surface area contributed by atoms with Gasteiger partial charge in [0.25, 0.3) is 0 Å². The number of nitrogens with zero attached hydrogens (tertiary/aromatic N) is 5. The molecule has 44 heavy (non-hydrogen) atoms. The van der Waals surface area contributed by atoms with Crippen molar-refractivity contribution in [3.8, 4) is 5.88 Å². The summed E-state index contributed by atoms with van der Waals surface area (Å²) < 4.78 is 14.3. The van der Waals surface area contributed by atoms with Crippen molar-refractivity contribution in [2.45, 2.75) is 69.9 Å². The SMILES string of the molecule is CC(=O)c1ccc(COc2cccc(C3CCN(Cc4nc5ccc(C(=O)O)cc5n4CC4(C(C)[SiH3])CCO4)CC3)n2)nc1. The molecule has 2 atom stereocenters. The Morgan fingerprint density at radius 1 is 1.14 bits per heavy atom. The van der Waals surface area contributed by atoms with Crippen LogP contribution < -0.4 is 4.74 Å². The zero-order valence-corrected chi connectivity index (χ0v) is 27.5. The predicted octanol–water partition coefficient (Wildman–Crippen LogP) is 4.02. The molecule has 4 aromatic rings. The van der Waals surface area contributed by atoms with E-state index in [1.807, 2.05) is 18.2 Å². The Kier molecular flexibility index (Phi) is 8.61. The van der Waals surface area contributed by atoms with E-state index in [1.54, 1.807) is 30.5 Å². The maximum atomic E-state index is 11.8. The first-order valence-electron chi connectivity index (χ1n) is 15.3. The van der Waals surface area contributed by atoms with E-state index >= 15 is 0 Å². The van der Waals surface area contributed by atoms with Crippen molar-refractivity contribution in [1.82, 2.24) is 24.4 Å². The molecule has 10 nitrogen and oxygen atoms in total.